The van der Waals surface area contributed by atoms with Gasteiger partial charge in [-0.1, -0.05) is 12.1 Å². The van der Waals surface area contributed by atoms with E-state index in [2.05, 4.69) is 6.07 Å². The van der Waals surface area contributed by atoms with Crippen molar-refractivity contribution in [2.24, 2.45) is 0 Å². The van der Waals surface area contributed by atoms with E-state index in [1.807, 2.05) is 77.6 Å². The smallest absolute Gasteiger partial charge is 0.126 e. The number of aromatic nitrogens is 1. The number of hydrogen-bond acceptors (Lipinski definition) is 3. The van der Waals surface area contributed by atoms with Crippen molar-refractivity contribution in [1.82, 2.24) is 4.57 Å². The molecule has 25 heavy (non-hydrogen) atoms. The first-order valence-corrected chi connectivity index (χ1v) is 7.83. The lowest BCUT2D eigenvalue weighted by Gasteiger charge is -2.09. The van der Waals surface area contributed by atoms with Gasteiger partial charge in [-0.3, -0.25) is 0 Å². The Kier molecular flexibility index (Phi) is 4.87. The van der Waals surface area contributed by atoms with E-state index in [1.54, 1.807) is 14.2 Å². The Morgan fingerprint density at radius 2 is 1.72 bits per heavy atom. The Balaban J connectivity index is 1.97. The fourth-order valence-corrected chi connectivity index (χ4v) is 2.61. The van der Waals surface area contributed by atoms with Gasteiger partial charge in [-0.25, -0.2) is 0 Å². The second kappa shape index (κ2) is 7.41. The molecule has 0 aliphatic carbocycles. The van der Waals surface area contributed by atoms with Gasteiger partial charge in [-0.2, -0.15) is 5.26 Å². The molecule has 0 amide bonds. The van der Waals surface area contributed by atoms with Crippen LogP contribution in [0.1, 0.15) is 11.1 Å². The minimum atomic E-state index is 0.561. The predicted molar refractivity (Wildman–Crippen MR) is 98.8 cm³/mol. The number of hydrogen-bond donors (Lipinski definition) is 0. The summed E-state index contributed by atoms with van der Waals surface area (Å²) in [5, 5.41) is 9.59. The van der Waals surface area contributed by atoms with Crippen LogP contribution in [0.2, 0.25) is 0 Å². The molecule has 0 bridgehead atoms. The minimum Gasteiger partial charge on any atom is -0.497 e. The molecule has 1 heterocycles. The van der Waals surface area contributed by atoms with Crippen molar-refractivity contribution in [2.45, 2.75) is 0 Å². The first-order chi connectivity index (χ1) is 12.2. The molecule has 0 aliphatic heterocycles. The summed E-state index contributed by atoms with van der Waals surface area (Å²) in [6.07, 6.45) is 5.78. The van der Waals surface area contributed by atoms with Gasteiger partial charge in [0.25, 0.3) is 0 Å². The van der Waals surface area contributed by atoms with Gasteiger partial charge in [-0.15, -0.1) is 0 Å². The standard InChI is InChI=1S/C21H18N2O2/c1-24-20-9-10-21(25-2)17(14-20)13-18(15-22)16-5-7-19(8-6-16)23-11-3-4-12-23/h3-14H,1-2H3/b18-13+. The lowest BCUT2D eigenvalue weighted by Crippen LogP contribution is -1.92. The summed E-state index contributed by atoms with van der Waals surface area (Å²) < 4.78 is 12.7. The third-order valence-corrected chi connectivity index (χ3v) is 3.94. The van der Waals surface area contributed by atoms with Crippen LogP contribution in [-0.2, 0) is 0 Å². The second-order valence-electron chi connectivity index (χ2n) is 5.41. The summed E-state index contributed by atoms with van der Waals surface area (Å²) in [6.45, 7) is 0. The normalized spacial score (nSPS) is 11.0. The number of nitrogens with zero attached hydrogens (tertiary/aromatic N) is 2. The lowest BCUT2D eigenvalue weighted by atomic mass is 10.0. The van der Waals surface area contributed by atoms with Crippen molar-refractivity contribution >= 4 is 11.6 Å². The van der Waals surface area contributed by atoms with Gasteiger partial charge in [0.05, 0.1) is 25.9 Å². The Labute approximate surface area is 147 Å². The van der Waals surface area contributed by atoms with E-state index in [1.165, 1.54) is 0 Å². The van der Waals surface area contributed by atoms with Crippen molar-refractivity contribution in [3.05, 3.63) is 78.1 Å². The SMILES string of the molecule is COc1ccc(OC)c(/C=C(\C#N)c2ccc(-n3cccc3)cc2)c1. The number of allylic oxidation sites excluding steroid dienone is 1. The number of nitriles is 1. The zero-order chi connectivity index (χ0) is 17.6. The highest BCUT2D eigenvalue weighted by Crippen LogP contribution is 2.28. The number of methoxy groups -OCH3 is 2. The average molecular weight is 330 g/mol. The fourth-order valence-electron chi connectivity index (χ4n) is 2.61. The quantitative estimate of drug-likeness (QED) is 0.509. The van der Waals surface area contributed by atoms with Gasteiger partial charge in [0.2, 0.25) is 0 Å². The van der Waals surface area contributed by atoms with Gasteiger partial charge < -0.3 is 14.0 Å². The van der Waals surface area contributed by atoms with Gasteiger partial charge in [0.15, 0.2) is 0 Å². The molecule has 0 unspecified atom stereocenters. The Hall–Kier alpha value is -3.45. The average Bonchev–Trinajstić information content (AvgIpc) is 3.21. The van der Waals surface area contributed by atoms with Crippen LogP contribution in [0.5, 0.6) is 11.5 Å². The van der Waals surface area contributed by atoms with Crippen molar-refractivity contribution in [3.8, 4) is 23.3 Å². The Morgan fingerprint density at radius 1 is 1.00 bits per heavy atom. The Morgan fingerprint density at radius 3 is 2.32 bits per heavy atom. The van der Waals surface area contributed by atoms with Gasteiger partial charge in [-0.05, 0) is 54.1 Å². The summed E-state index contributed by atoms with van der Waals surface area (Å²) in [6, 6.07) is 19.6. The molecule has 0 atom stereocenters. The number of rotatable bonds is 5. The zero-order valence-corrected chi connectivity index (χ0v) is 14.1. The summed E-state index contributed by atoms with van der Waals surface area (Å²) in [5.41, 5.74) is 3.26. The molecule has 4 nitrogen and oxygen atoms in total. The van der Waals surface area contributed by atoms with Crippen LogP contribution in [-0.4, -0.2) is 18.8 Å². The number of ether oxygens (including phenoxy) is 2. The maximum absolute atomic E-state index is 9.59. The fraction of sp³-hybridized carbons (Fsp3) is 0.0952. The molecule has 3 rings (SSSR count). The molecule has 0 fully saturated rings. The largest absolute Gasteiger partial charge is 0.497 e. The van der Waals surface area contributed by atoms with E-state index in [-0.39, 0.29) is 0 Å². The van der Waals surface area contributed by atoms with Crippen LogP contribution < -0.4 is 9.47 Å². The highest BCUT2D eigenvalue weighted by Gasteiger charge is 2.07. The van der Waals surface area contributed by atoms with E-state index in [9.17, 15) is 5.26 Å². The van der Waals surface area contributed by atoms with Crippen LogP contribution >= 0.6 is 0 Å². The maximum atomic E-state index is 9.59. The van der Waals surface area contributed by atoms with E-state index in [4.69, 9.17) is 9.47 Å². The number of benzene rings is 2. The summed E-state index contributed by atoms with van der Waals surface area (Å²) in [7, 11) is 3.22. The predicted octanol–water partition coefficient (Wildman–Crippen LogP) is 4.56. The first-order valence-electron chi connectivity index (χ1n) is 7.83. The molecule has 124 valence electrons. The molecule has 0 radical (unpaired) electrons. The summed E-state index contributed by atoms with van der Waals surface area (Å²) >= 11 is 0. The summed E-state index contributed by atoms with van der Waals surface area (Å²) in [5.74, 6) is 1.41. The van der Waals surface area contributed by atoms with Gasteiger partial charge in [0.1, 0.15) is 11.5 Å². The van der Waals surface area contributed by atoms with Crippen LogP contribution in [0.4, 0.5) is 0 Å². The van der Waals surface area contributed by atoms with Crippen LogP contribution in [0.3, 0.4) is 0 Å². The van der Waals surface area contributed by atoms with Crippen LogP contribution in [0.25, 0.3) is 17.3 Å². The minimum absolute atomic E-state index is 0.561. The molecular weight excluding hydrogens is 312 g/mol. The lowest BCUT2D eigenvalue weighted by molar-refractivity contribution is 0.402. The van der Waals surface area contributed by atoms with E-state index < -0.39 is 0 Å². The van der Waals surface area contributed by atoms with Gasteiger partial charge in [0, 0.05) is 23.6 Å². The molecule has 0 aliphatic rings. The molecule has 1 aromatic heterocycles. The monoisotopic (exact) mass is 330 g/mol. The van der Waals surface area contributed by atoms with Crippen molar-refractivity contribution in [2.75, 3.05) is 14.2 Å². The second-order valence-corrected chi connectivity index (χ2v) is 5.41. The van der Waals surface area contributed by atoms with E-state index in [0.29, 0.717) is 17.1 Å². The molecule has 3 aromatic rings. The molecule has 0 saturated carbocycles. The molecule has 0 spiro atoms. The van der Waals surface area contributed by atoms with Gasteiger partial charge >= 0.3 is 0 Å². The van der Waals surface area contributed by atoms with Crippen molar-refractivity contribution in [1.29, 1.82) is 5.26 Å². The van der Waals surface area contributed by atoms with E-state index >= 15 is 0 Å². The van der Waals surface area contributed by atoms with Crippen LogP contribution in [0.15, 0.2) is 67.0 Å². The Bertz CT molecular complexity index is 918. The van der Waals surface area contributed by atoms with Crippen LogP contribution in [0, 0.1) is 11.3 Å². The van der Waals surface area contributed by atoms with Crippen molar-refractivity contribution in [3.63, 3.8) is 0 Å². The first kappa shape index (κ1) is 16.4. The maximum Gasteiger partial charge on any atom is 0.126 e. The molecule has 0 N–H and O–H groups in total. The summed E-state index contributed by atoms with van der Waals surface area (Å²) in [4.78, 5) is 0. The molecule has 2 aromatic carbocycles. The molecule has 4 heteroatoms. The third-order valence-electron chi connectivity index (χ3n) is 3.94. The topological polar surface area (TPSA) is 47.2 Å². The third kappa shape index (κ3) is 3.56. The highest BCUT2D eigenvalue weighted by atomic mass is 16.5. The van der Waals surface area contributed by atoms with Crippen molar-refractivity contribution < 1.29 is 9.47 Å². The van der Waals surface area contributed by atoms with E-state index in [0.717, 1.165) is 16.8 Å². The molecule has 0 saturated heterocycles. The molecular formula is C21H18N2O2. The zero-order valence-electron chi connectivity index (χ0n) is 14.1. The highest BCUT2D eigenvalue weighted by molar-refractivity contribution is 5.91.